The van der Waals surface area contributed by atoms with Gasteiger partial charge in [0.2, 0.25) is 0 Å². The third kappa shape index (κ3) is 2.97. The fraction of sp³-hybridized carbons (Fsp3) is 0.143. The minimum absolute atomic E-state index is 0. The maximum Gasteiger partial charge on any atom is 0.0681 e. The van der Waals surface area contributed by atoms with Crippen LogP contribution < -0.4 is 0 Å². The van der Waals surface area contributed by atoms with E-state index in [-0.39, 0.29) is 34.3 Å². The SMILES string of the molecule is OCc1ccccc1.[Hg]. The molecule has 0 bridgehead atoms. The van der Waals surface area contributed by atoms with Crippen LogP contribution in [0.3, 0.4) is 0 Å². The van der Waals surface area contributed by atoms with Crippen LogP contribution in [0.1, 0.15) is 5.56 Å². The van der Waals surface area contributed by atoms with Crippen LogP contribution in [0.4, 0.5) is 0 Å². The van der Waals surface area contributed by atoms with Gasteiger partial charge in [-0.05, 0) is 5.56 Å². The summed E-state index contributed by atoms with van der Waals surface area (Å²) in [5.74, 6) is 0. The van der Waals surface area contributed by atoms with E-state index < -0.39 is 0 Å². The molecule has 1 aromatic carbocycles. The van der Waals surface area contributed by atoms with Gasteiger partial charge in [0.05, 0.1) is 6.61 Å². The Kier molecular flexibility index (Phi) is 5.01. The number of rotatable bonds is 1. The molecule has 1 aromatic rings. The van der Waals surface area contributed by atoms with Gasteiger partial charge in [-0.1, -0.05) is 30.3 Å². The van der Waals surface area contributed by atoms with E-state index in [1.165, 1.54) is 0 Å². The maximum absolute atomic E-state index is 8.54. The van der Waals surface area contributed by atoms with E-state index in [2.05, 4.69) is 0 Å². The van der Waals surface area contributed by atoms with Gasteiger partial charge in [0.1, 0.15) is 0 Å². The summed E-state index contributed by atoms with van der Waals surface area (Å²) in [4.78, 5) is 0. The van der Waals surface area contributed by atoms with E-state index in [1.807, 2.05) is 30.3 Å². The first-order chi connectivity index (χ1) is 3.93. The van der Waals surface area contributed by atoms with E-state index in [9.17, 15) is 0 Å². The summed E-state index contributed by atoms with van der Waals surface area (Å²) < 4.78 is 0. The summed E-state index contributed by atoms with van der Waals surface area (Å²) in [7, 11) is 0. The van der Waals surface area contributed by atoms with Crippen LogP contribution in [-0.4, -0.2) is 5.11 Å². The molecule has 0 fully saturated rings. The Morgan fingerprint density at radius 1 is 1.11 bits per heavy atom. The first-order valence-corrected chi connectivity index (χ1v) is 2.58. The Bertz CT molecular complexity index is 150. The monoisotopic (exact) mass is 310 g/mol. The zero-order valence-corrected chi connectivity index (χ0v) is 10.7. The number of benzene rings is 1. The summed E-state index contributed by atoms with van der Waals surface area (Å²) in [6, 6.07) is 9.52. The molecular weight excluding hydrogens is 301 g/mol. The molecule has 0 spiro atoms. The molecule has 0 heterocycles. The van der Waals surface area contributed by atoms with Gasteiger partial charge in [0.15, 0.2) is 0 Å². The molecule has 0 saturated heterocycles. The molecule has 9 heavy (non-hydrogen) atoms. The van der Waals surface area contributed by atoms with Crippen molar-refractivity contribution in [2.75, 3.05) is 0 Å². The second-order valence-corrected chi connectivity index (χ2v) is 1.64. The van der Waals surface area contributed by atoms with Gasteiger partial charge in [-0.15, -0.1) is 0 Å². The molecular formula is C7H8HgO. The molecule has 0 aromatic heterocycles. The van der Waals surface area contributed by atoms with Gasteiger partial charge in [-0.3, -0.25) is 0 Å². The normalized spacial score (nSPS) is 8.11. The van der Waals surface area contributed by atoms with Crippen molar-refractivity contribution in [2.24, 2.45) is 0 Å². The van der Waals surface area contributed by atoms with E-state index in [0.29, 0.717) is 0 Å². The molecule has 0 radical (unpaired) electrons. The van der Waals surface area contributed by atoms with Crippen LogP contribution in [0.5, 0.6) is 0 Å². The van der Waals surface area contributed by atoms with Crippen LogP contribution in [0.25, 0.3) is 0 Å². The average molecular weight is 309 g/mol. The van der Waals surface area contributed by atoms with Crippen molar-refractivity contribution < 1.29 is 32.8 Å². The predicted molar refractivity (Wildman–Crippen MR) is 32.4 cm³/mol. The molecule has 44 valence electrons. The van der Waals surface area contributed by atoms with Crippen LogP contribution in [0, 0.1) is 0 Å². The van der Waals surface area contributed by atoms with Crippen molar-refractivity contribution in [3.63, 3.8) is 0 Å². The second kappa shape index (κ2) is 4.94. The second-order valence-electron chi connectivity index (χ2n) is 1.64. The summed E-state index contributed by atoms with van der Waals surface area (Å²) in [6.45, 7) is 0.140. The van der Waals surface area contributed by atoms with E-state index >= 15 is 0 Å². The third-order valence-corrected chi connectivity index (χ3v) is 1.03. The minimum Gasteiger partial charge on any atom is -0.392 e. The van der Waals surface area contributed by atoms with Gasteiger partial charge in [0.25, 0.3) is 0 Å². The Morgan fingerprint density at radius 3 is 2.00 bits per heavy atom. The number of hydrogen-bond donors (Lipinski definition) is 1. The Morgan fingerprint density at radius 2 is 1.67 bits per heavy atom. The Hall–Kier alpha value is 0.115. The average Bonchev–Trinajstić information content (AvgIpc) is 1.90. The fourth-order valence-electron chi connectivity index (χ4n) is 0.583. The summed E-state index contributed by atoms with van der Waals surface area (Å²) in [6.07, 6.45) is 0. The molecule has 0 unspecified atom stereocenters. The van der Waals surface area contributed by atoms with Crippen molar-refractivity contribution in [1.29, 1.82) is 0 Å². The molecule has 0 aliphatic carbocycles. The van der Waals surface area contributed by atoms with Crippen molar-refractivity contribution in [1.82, 2.24) is 0 Å². The number of aliphatic hydroxyl groups excluding tert-OH is 1. The maximum atomic E-state index is 8.54. The van der Waals surface area contributed by atoms with E-state index in [4.69, 9.17) is 5.11 Å². The molecule has 1 N–H and O–H groups in total. The molecule has 2 heteroatoms. The summed E-state index contributed by atoms with van der Waals surface area (Å²) >= 11 is 0. The summed E-state index contributed by atoms with van der Waals surface area (Å²) in [5.41, 5.74) is 0.965. The van der Waals surface area contributed by atoms with Crippen LogP contribution >= 0.6 is 0 Å². The number of aliphatic hydroxyl groups is 1. The zero-order valence-electron chi connectivity index (χ0n) is 5.25. The van der Waals surface area contributed by atoms with Gasteiger partial charge < -0.3 is 5.11 Å². The molecule has 1 rings (SSSR count). The molecule has 0 amide bonds. The van der Waals surface area contributed by atoms with Crippen LogP contribution in [-0.2, 0) is 34.3 Å². The summed E-state index contributed by atoms with van der Waals surface area (Å²) in [5, 5.41) is 8.54. The molecule has 0 atom stereocenters. The molecule has 0 aliphatic rings. The predicted octanol–water partition coefficient (Wildman–Crippen LogP) is 1.18. The Balaban J connectivity index is 0.000000640. The first kappa shape index (κ1) is 9.12. The molecule has 1 nitrogen and oxygen atoms in total. The van der Waals surface area contributed by atoms with Gasteiger partial charge in [-0.25, -0.2) is 0 Å². The standard InChI is InChI=1S/C7H8O.Hg/c8-6-7-4-2-1-3-5-7;/h1-5,8H,6H2;. The minimum atomic E-state index is 0. The third-order valence-electron chi connectivity index (χ3n) is 1.03. The van der Waals surface area contributed by atoms with Crippen LogP contribution in [0.15, 0.2) is 30.3 Å². The van der Waals surface area contributed by atoms with Gasteiger partial charge in [-0.2, -0.15) is 0 Å². The van der Waals surface area contributed by atoms with Crippen molar-refractivity contribution >= 4 is 0 Å². The topological polar surface area (TPSA) is 20.2 Å². The largest absolute Gasteiger partial charge is 0.392 e. The van der Waals surface area contributed by atoms with Crippen molar-refractivity contribution in [3.8, 4) is 0 Å². The van der Waals surface area contributed by atoms with Gasteiger partial charge >= 0.3 is 0 Å². The fourth-order valence-corrected chi connectivity index (χ4v) is 0.583. The van der Waals surface area contributed by atoms with Crippen LogP contribution in [0.2, 0.25) is 0 Å². The van der Waals surface area contributed by atoms with Gasteiger partial charge in [0, 0.05) is 27.7 Å². The smallest absolute Gasteiger partial charge is 0.0681 e. The van der Waals surface area contributed by atoms with E-state index in [1.54, 1.807) is 0 Å². The quantitative estimate of drug-likeness (QED) is 0.773. The first-order valence-electron chi connectivity index (χ1n) is 2.58. The van der Waals surface area contributed by atoms with Crippen molar-refractivity contribution in [2.45, 2.75) is 6.61 Å². The van der Waals surface area contributed by atoms with Crippen molar-refractivity contribution in [3.05, 3.63) is 35.9 Å². The van der Waals surface area contributed by atoms with E-state index in [0.717, 1.165) is 5.56 Å². The molecule has 0 saturated carbocycles. The molecule has 0 aliphatic heterocycles. The zero-order chi connectivity index (χ0) is 5.82. The number of hydrogen-bond acceptors (Lipinski definition) is 1. The Labute approximate surface area is 75.2 Å².